The summed E-state index contributed by atoms with van der Waals surface area (Å²) >= 11 is 0. The summed E-state index contributed by atoms with van der Waals surface area (Å²) in [5.74, 6) is 0.928. The molecule has 0 radical (unpaired) electrons. The maximum absolute atomic E-state index is 5.71. The number of nitrogens with zero attached hydrogens (tertiary/aromatic N) is 2. The smallest absolute Gasteiger partial charge is 0.119 e. The topological polar surface area (TPSA) is 39.1 Å². The van der Waals surface area contributed by atoms with Gasteiger partial charge in [0.05, 0.1) is 18.6 Å². The van der Waals surface area contributed by atoms with E-state index in [9.17, 15) is 0 Å². The summed E-state index contributed by atoms with van der Waals surface area (Å²) in [7, 11) is 0. The molecule has 1 N–H and O–H groups in total. The quantitative estimate of drug-likeness (QED) is 0.795. The molecular formula is C17H25N3O. The second-order valence-corrected chi connectivity index (χ2v) is 6.20. The third-order valence-corrected chi connectivity index (χ3v) is 3.15. The van der Waals surface area contributed by atoms with Gasteiger partial charge in [-0.3, -0.25) is 0 Å². The lowest BCUT2D eigenvalue weighted by atomic mass is 10.1. The molecule has 0 saturated heterocycles. The summed E-state index contributed by atoms with van der Waals surface area (Å²) in [6.07, 6.45) is 4.78. The van der Waals surface area contributed by atoms with Crippen molar-refractivity contribution >= 4 is 0 Å². The second kappa shape index (κ2) is 7.27. The first-order valence-electron chi connectivity index (χ1n) is 7.46. The van der Waals surface area contributed by atoms with Gasteiger partial charge in [-0.15, -0.1) is 0 Å². The molecule has 0 bridgehead atoms. The SMILES string of the molecule is CC(C)(C)NCc1cncn1CCCOc1ccccc1. The summed E-state index contributed by atoms with van der Waals surface area (Å²) < 4.78 is 7.90. The van der Waals surface area contributed by atoms with Crippen LogP contribution in [0.5, 0.6) is 5.75 Å². The zero-order valence-electron chi connectivity index (χ0n) is 13.2. The van der Waals surface area contributed by atoms with Gasteiger partial charge < -0.3 is 14.6 Å². The minimum Gasteiger partial charge on any atom is -0.494 e. The number of hydrogen-bond donors (Lipinski definition) is 1. The van der Waals surface area contributed by atoms with Crippen LogP contribution in [0.2, 0.25) is 0 Å². The first-order valence-corrected chi connectivity index (χ1v) is 7.46. The van der Waals surface area contributed by atoms with Crippen LogP contribution in [-0.2, 0) is 13.1 Å². The van der Waals surface area contributed by atoms with E-state index in [2.05, 4.69) is 35.6 Å². The Hall–Kier alpha value is -1.81. The molecule has 2 rings (SSSR count). The molecule has 0 amide bonds. The normalized spacial score (nSPS) is 11.6. The highest BCUT2D eigenvalue weighted by atomic mass is 16.5. The molecule has 0 aliphatic rings. The molecule has 1 aromatic heterocycles. The number of aryl methyl sites for hydroxylation is 1. The molecule has 0 aliphatic carbocycles. The van der Waals surface area contributed by atoms with E-state index in [0.29, 0.717) is 6.61 Å². The van der Waals surface area contributed by atoms with Crippen LogP contribution in [0.3, 0.4) is 0 Å². The van der Waals surface area contributed by atoms with Crippen molar-refractivity contribution in [2.24, 2.45) is 0 Å². The molecule has 21 heavy (non-hydrogen) atoms. The fourth-order valence-electron chi connectivity index (χ4n) is 1.99. The molecule has 0 saturated carbocycles. The van der Waals surface area contributed by atoms with Gasteiger partial charge in [-0.05, 0) is 39.3 Å². The highest BCUT2D eigenvalue weighted by molar-refractivity contribution is 5.20. The van der Waals surface area contributed by atoms with Crippen LogP contribution < -0.4 is 10.1 Å². The van der Waals surface area contributed by atoms with E-state index in [0.717, 1.165) is 25.3 Å². The number of benzene rings is 1. The molecule has 2 aromatic rings. The van der Waals surface area contributed by atoms with Crippen LogP contribution in [0, 0.1) is 0 Å². The Morgan fingerprint density at radius 3 is 2.67 bits per heavy atom. The summed E-state index contributed by atoms with van der Waals surface area (Å²) in [6, 6.07) is 9.93. The Kier molecular flexibility index (Phi) is 5.39. The molecule has 0 atom stereocenters. The van der Waals surface area contributed by atoms with E-state index in [1.165, 1.54) is 5.69 Å². The number of aromatic nitrogens is 2. The van der Waals surface area contributed by atoms with Gasteiger partial charge in [0, 0.05) is 24.8 Å². The van der Waals surface area contributed by atoms with Gasteiger partial charge >= 0.3 is 0 Å². The van der Waals surface area contributed by atoms with Crippen molar-refractivity contribution in [1.82, 2.24) is 14.9 Å². The molecule has 4 nitrogen and oxygen atoms in total. The van der Waals surface area contributed by atoms with E-state index in [1.54, 1.807) is 0 Å². The average Bonchev–Trinajstić information content (AvgIpc) is 2.89. The fraction of sp³-hybridized carbons (Fsp3) is 0.471. The predicted molar refractivity (Wildman–Crippen MR) is 85.4 cm³/mol. The van der Waals surface area contributed by atoms with Gasteiger partial charge in [-0.2, -0.15) is 0 Å². The van der Waals surface area contributed by atoms with Crippen molar-refractivity contribution in [3.05, 3.63) is 48.5 Å². The second-order valence-electron chi connectivity index (χ2n) is 6.20. The van der Waals surface area contributed by atoms with Gasteiger partial charge in [0.1, 0.15) is 5.75 Å². The average molecular weight is 287 g/mol. The van der Waals surface area contributed by atoms with Crippen LogP contribution >= 0.6 is 0 Å². The van der Waals surface area contributed by atoms with Crippen molar-refractivity contribution < 1.29 is 4.74 Å². The van der Waals surface area contributed by atoms with E-state index in [4.69, 9.17) is 4.74 Å². The van der Waals surface area contributed by atoms with Crippen LogP contribution in [0.15, 0.2) is 42.9 Å². The van der Waals surface area contributed by atoms with Crippen LogP contribution in [0.25, 0.3) is 0 Å². The molecule has 4 heteroatoms. The van der Waals surface area contributed by atoms with Gasteiger partial charge in [0.2, 0.25) is 0 Å². The van der Waals surface area contributed by atoms with Crippen LogP contribution in [0.1, 0.15) is 32.9 Å². The first kappa shape index (κ1) is 15.6. The Bertz CT molecular complexity index is 528. The number of hydrogen-bond acceptors (Lipinski definition) is 3. The Balaban J connectivity index is 1.75. The molecule has 0 fully saturated rings. The van der Waals surface area contributed by atoms with E-state index in [-0.39, 0.29) is 5.54 Å². The zero-order valence-corrected chi connectivity index (χ0v) is 13.2. The zero-order chi connectivity index (χ0) is 15.1. The van der Waals surface area contributed by atoms with Crippen molar-refractivity contribution in [2.75, 3.05) is 6.61 Å². The number of ether oxygens (including phenoxy) is 1. The maximum atomic E-state index is 5.71. The van der Waals surface area contributed by atoms with E-state index >= 15 is 0 Å². The highest BCUT2D eigenvalue weighted by Crippen LogP contribution is 2.09. The fourth-order valence-corrected chi connectivity index (χ4v) is 1.99. The minimum atomic E-state index is 0.117. The Morgan fingerprint density at radius 2 is 1.95 bits per heavy atom. The summed E-state index contributed by atoms with van der Waals surface area (Å²) in [6.45, 7) is 8.98. The molecule has 1 heterocycles. The van der Waals surface area contributed by atoms with Gasteiger partial charge in [-0.1, -0.05) is 18.2 Å². The molecule has 0 unspecified atom stereocenters. The third-order valence-electron chi connectivity index (χ3n) is 3.15. The summed E-state index contributed by atoms with van der Waals surface area (Å²) in [5.41, 5.74) is 1.33. The minimum absolute atomic E-state index is 0.117. The van der Waals surface area contributed by atoms with Crippen molar-refractivity contribution in [1.29, 1.82) is 0 Å². The summed E-state index contributed by atoms with van der Waals surface area (Å²) in [4.78, 5) is 4.24. The lowest BCUT2D eigenvalue weighted by Gasteiger charge is -2.21. The maximum Gasteiger partial charge on any atom is 0.119 e. The van der Waals surface area contributed by atoms with Gasteiger partial charge in [-0.25, -0.2) is 4.98 Å². The summed E-state index contributed by atoms with van der Waals surface area (Å²) in [5, 5.41) is 3.49. The molecule has 0 aliphatic heterocycles. The Labute approximate surface area is 127 Å². The first-order chi connectivity index (χ1) is 10.0. The largest absolute Gasteiger partial charge is 0.494 e. The number of para-hydroxylation sites is 1. The third kappa shape index (κ3) is 5.60. The highest BCUT2D eigenvalue weighted by Gasteiger charge is 2.10. The monoisotopic (exact) mass is 287 g/mol. The molecule has 114 valence electrons. The molecule has 1 aromatic carbocycles. The lowest BCUT2D eigenvalue weighted by Crippen LogP contribution is -2.35. The standard InChI is InChI=1S/C17H25N3O/c1-17(2,3)19-13-15-12-18-14-20(15)10-7-11-21-16-8-5-4-6-9-16/h4-6,8-9,12,14,19H,7,10-11,13H2,1-3H3. The van der Waals surface area contributed by atoms with Crippen molar-refractivity contribution in [3.63, 3.8) is 0 Å². The predicted octanol–water partition coefficient (Wildman–Crippen LogP) is 3.24. The molecular weight excluding hydrogens is 262 g/mol. The van der Waals surface area contributed by atoms with E-state index in [1.807, 2.05) is 42.9 Å². The van der Waals surface area contributed by atoms with Gasteiger partial charge in [0.15, 0.2) is 0 Å². The van der Waals surface area contributed by atoms with Crippen molar-refractivity contribution in [2.45, 2.75) is 45.8 Å². The van der Waals surface area contributed by atoms with Crippen LogP contribution in [0.4, 0.5) is 0 Å². The number of rotatable bonds is 7. The van der Waals surface area contributed by atoms with Crippen molar-refractivity contribution in [3.8, 4) is 5.75 Å². The lowest BCUT2D eigenvalue weighted by molar-refractivity contribution is 0.300. The molecule has 0 spiro atoms. The number of imidazole rings is 1. The van der Waals surface area contributed by atoms with Crippen LogP contribution in [-0.4, -0.2) is 21.7 Å². The van der Waals surface area contributed by atoms with Gasteiger partial charge in [0.25, 0.3) is 0 Å². The van der Waals surface area contributed by atoms with E-state index < -0.39 is 0 Å². The Morgan fingerprint density at radius 1 is 1.19 bits per heavy atom. The number of nitrogens with one attached hydrogen (secondary N) is 1.